The summed E-state index contributed by atoms with van der Waals surface area (Å²) in [6, 6.07) is 10.1. The SMILES string of the molecule is CC1C2CC3(c4ccccc4)CC(/C2=N\O)/C(=N/O)C1C3(C)O. The van der Waals surface area contributed by atoms with Gasteiger partial charge in [0.25, 0.3) is 0 Å². The number of oxime groups is 2. The molecule has 0 saturated heterocycles. The second kappa shape index (κ2) is 4.57. The minimum Gasteiger partial charge on any atom is -0.411 e. The molecule has 5 heteroatoms. The molecular formula is C18H22N2O3. The number of nitrogens with zero attached hydrogens (tertiary/aromatic N) is 2. The molecule has 0 aliphatic heterocycles. The Morgan fingerprint density at radius 2 is 1.70 bits per heavy atom. The number of aliphatic hydroxyl groups is 1. The van der Waals surface area contributed by atoms with Crippen molar-refractivity contribution in [3.8, 4) is 0 Å². The summed E-state index contributed by atoms with van der Waals surface area (Å²) in [6.07, 6.45) is 1.37. The van der Waals surface area contributed by atoms with Crippen LogP contribution in [0.3, 0.4) is 0 Å². The van der Waals surface area contributed by atoms with Crippen LogP contribution in [0.1, 0.15) is 32.3 Å². The van der Waals surface area contributed by atoms with Crippen molar-refractivity contribution in [2.75, 3.05) is 0 Å². The third-order valence-electron chi connectivity index (χ3n) is 6.83. The first-order chi connectivity index (χ1) is 11.0. The minimum atomic E-state index is -0.997. The van der Waals surface area contributed by atoms with Gasteiger partial charge in [0, 0.05) is 23.2 Å². The highest BCUT2D eigenvalue weighted by Crippen LogP contribution is 2.64. The van der Waals surface area contributed by atoms with E-state index in [-0.39, 0.29) is 23.7 Å². The van der Waals surface area contributed by atoms with Crippen molar-refractivity contribution in [1.29, 1.82) is 0 Å². The van der Waals surface area contributed by atoms with Gasteiger partial charge in [0.2, 0.25) is 0 Å². The number of benzene rings is 1. The topological polar surface area (TPSA) is 85.4 Å². The van der Waals surface area contributed by atoms with Crippen molar-refractivity contribution < 1.29 is 15.5 Å². The smallest absolute Gasteiger partial charge is 0.0800 e. The van der Waals surface area contributed by atoms with Gasteiger partial charge in [-0.25, -0.2) is 0 Å². The van der Waals surface area contributed by atoms with Crippen LogP contribution in [0.4, 0.5) is 0 Å². The van der Waals surface area contributed by atoms with Crippen LogP contribution in [0.25, 0.3) is 0 Å². The molecule has 0 spiro atoms. The van der Waals surface area contributed by atoms with Crippen LogP contribution >= 0.6 is 0 Å². The second-order valence-electron chi connectivity index (χ2n) is 7.55. The predicted octanol–water partition coefficient (Wildman–Crippen LogP) is 2.64. The number of hydrogen-bond donors (Lipinski definition) is 3. The molecule has 5 nitrogen and oxygen atoms in total. The Hall–Kier alpha value is -1.88. The first-order valence-corrected chi connectivity index (χ1v) is 8.19. The van der Waals surface area contributed by atoms with E-state index in [0.29, 0.717) is 17.8 Å². The van der Waals surface area contributed by atoms with E-state index < -0.39 is 11.0 Å². The number of rotatable bonds is 1. The van der Waals surface area contributed by atoms with Crippen molar-refractivity contribution in [2.45, 2.75) is 37.7 Å². The molecule has 1 aromatic carbocycles. The molecule has 1 aromatic rings. The lowest BCUT2D eigenvalue weighted by Gasteiger charge is -2.66. The molecule has 23 heavy (non-hydrogen) atoms. The Morgan fingerprint density at radius 3 is 2.30 bits per heavy atom. The summed E-state index contributed by atoms with van der Waals surface area (Å²) >= 11 is 0. The van der Waals surface area contributed by atoms with Gasteiger partial charge in [-0.05, 0) is 31.2 Å². The Labute approximate surface area is 135 Å². The largest absolute Gasteiger partial charge is 0.411 e. The highest BCUT2D eigenvalue weighted by molar-refractivity contribution is 6.13. The summed E-state index contributed by atoms with van der Waals surface area (Å²) in [5.74, 6) is -0.231. The minimum absolute atomic E-state index is 0.0789. The van der Waals surface area contributed by atoms with E-state index in [1.807, 2.05) is 25.1 Å². The first-order valence-electron chi connectivity index (χ1n) is 8.19. The van der Waals surface area contributed by atoms with Crippen LogP contribution in [-0.4, -0.2) is 32.5 Å². The lowest BCUT2D eigenvalue weighted by atomic mass is 9.38. The average molecular weight is 314 g/mol. The molecule has 4 aliphatic carbocycles. The van der Waals surface area contributed by atoms with Gasteiger partial charge < -0.3 is 15.5 Å². The van der Waals surface area contributed by atoms with E-state index in [9.17, 15) is 15.5 Å². The van der Waals surface area contributed by atoms with Crippen LogP contribution in [0.15, 0.2) is 40.6 Å². The maximum Gasteiger partial charge on any atom is 0.0800 e. The van der Waals surface area contributed by atoms with Crippen molar-refractivity contribution >= 4 is 11.4 Å². The summed E-state index contributed by atoms with van der Waals surface area (Å²) in [5, 5.41) is 37.7. The van der Waals surface area contributed by atoms with E-state index in [0.717, 1.165) is 12.0 Å². The summed E-state index contributed by atoms with van der Waals surface area (Å²) in [4.78, 5) is 0. The third kappa shape index (κ3) is 1.56. The summed E-state index contributed by atoms with van der Waals surface area (Å²) in [5.41, 5.74) is 0.999. The molecule has 122 valence electrons. The molecule has 3 N–H and O–H groups in total. The third-order valence-corrected chi connectivity index (χ3v) is 6.83. The molecule has 5 rings (SSSR count). The van der Waals surface area contributed by atoms with Gasteiger partial charge in [-0.2, -0.15) is 0 Å². The van der Waals surface area contributed by atoms with E-state index in [1.165, 1.54) is 0 Å². The molecule has 4 fully saturated rings. The number of hydrogen-bond acceptors (Lipinski definition) is 5. The van der Waals surface area contributed by atoms with E-state index >= 15 is 0 Å². The van der Waals surface area contributed by atoms with Gasteiger partial charge >= 0.3 is 0 Å². The van der Waals surface area contributed by atoms with Gasteiger partial charge in [0.15, 0.2) is 0 Å². The molecule has 4 bridgehead atoms. The fourth-order valence-electron chi connectivity index (χ4n) is 5.78. The van der Waals surface area contributed by atoms with Crippen molar-refractivity contribution in [3.05, 3.63) is 35.9 Å². The van der Waals surface area contributed by atoms with Crippen LogP contribution < -0.4 is 0 Å². The normalized spacial score (nSPS) is 48.3. The van der Waals surface area contributed by atoms with Crippen LogP contribution in [0, 0.1) is 23.7 Å². The molecule has 6 atom stereocenters. The highest BCUT2D eigenvalue weighted by atomic mass is 16.4. The molecule has 4 saturated carbocycles. The van der Waals surface area contributed by atoms with E-state index in [1.54, 1.807) is 0 Å². The Balaban J connectivity index is 1.95. The molecule has 0 amide bonds. The summed E-state index contributed by atoms with van der Waals surface area (Å²) < 4.78 is 0. The maximum atomic E-state index is 11.5. The summed E-state index contributed by atoms with van der Waals surface area (Å²) in [7, 11) is 0. The fourth-order valence-corrected chi connectivity index (χ4v) is 5.78. The van der Waals surface area contributed by atoms with Gasteiger partial charge in [-0.1, -0.05) is 47.6 Å². The van der Waals surface area contributed by atoms with E-state index in [4.69, 9.17) is 0 Å². The second-order valence-corrected chi connectivity index (χ2v) is 7.55. The van der Waals surface area contributed by atoms with Gasteiger partial charge in [0.1, 0.15) is 0 Å². The van der Waals surface area contributed by atoms with Crippen molar-refractivity contribution in [2.24, 2.45) is 34.0 Å². The molecule has 4 aliphatic rings. The predicted molar refractivity (Wildman–Crippen MR) is 86.1 cm³/mol. The Bertz CT molecular complexity index is 697. The van der Waals surface area contributed by atoms with Crippen molar-refractivity contribution in [3.63, 3.8) is 0 Å². The maximum absolute atomic E-state index is 11.5. The standard InChI is InChI=1S/C18H22N2O3/c1-10-12-8-18(11-6-4-3-5-7-11)9-13(15(12)19-22)16(20-23)14(10)17(18,2)21/h3-7,10,12-14,21-23H,8-9H2,1-2H3/b19-15-,20-16-. The molecule has 0 radical (unpaired) electrons. The zero-order valence-electron chi connectivity index (χ0n) is 13.3. The lowest BCUT2D eigenvalue weighted by molar-refractivity contribution is -0.132. The highest BCUT2D eigenvalue weighted by Gasteiger charge is 2.70. The average Bonchev–Trinajstić information content (AvgIpc) is 2.56. The van der Waals surface area contributed by atoms with Crippen LogP contribution in [0.5, 0.6) is 0 Å². The first kappa shape index (κ1) is 14.7. The zero-order valence-corrected chi connectivity index (χ0v) is 13.3. The van der Waals surface area contributed by atoms with Gasteiger partial charge in [0.05, 0.1) is 17.0 Å². The molecule has 6 unspecified atom stereocenters. The van der Waals surface area contributed by atoms with Gasteiger partial charge in [-0.3, -0.25) is 0 Å². The summed E-state index contributed by atoms with van der Waals surface area (Å²) in [6.45, 7) is 3.93. The molecule has 0 heterocycles. The molecular weight excluding hydrogens is 292 g/mol. The van der Waals surface area contributed by atoms with Crippen molar-refractivity contribution in [1.82, 2.24) is 0 Å². The fraction of sp³-hybridized carbons (Fsp3) is 0.556. The van der Waals surface area contributed by atoms with Crippen LogP contribution in [-0.2, 0) is 5.41 Å². The molecule has 0 aromatic heterocycles. The quantitative estimate of drug-likeness (QED) is 0.550. The van der Waals surface area contributed by atoms with Gasteiger partial charge in [-0.15, -0.1) is 0 Å². The lowest BCUT2D eigenvalue weighted by Crippen LogP contribution is -2.73. The Kier molecular flexibility index (Phi) is 2.92. The van der Waals surface area contributed by atoms with E-state index in [2.05, 4.69) is 29.4 Å². The zero-order chi connectivity index (χ0) is 16.4. The van der Waals surface area contributed by atoms with Crippen LogP contribution in [0.2, 0.25) is 0 Å². The Morgan fingerprint density at radius 1 is 1.04 bits per heavy atom. The monoisotopic (exact) mass is 314 g/mol.